The maximum absolute atomic E-state index is 4.62. The van der Waals surface area contributed by atoms with Crippen LogP contribution in [0.15, 0.2) is 0 Å². The lowest BCUT2D eigenvalue weighted by atomic mass is 10.1. The topological polar surface area (TPSA) is 37.8 Å². The third-order valence-electron chi connectivity index (χ3n) is 2.91. The molecule has 0 saturated carbocycles. The van der Waals surface area contributed by atoms with Crippen molar-refractivity contribution in [2.45, 2.75) is 47.0 Å². The summed E-state index contributed by atoms with van der Waals surface area (Å²) < 4.78 is 0. The molecule has 1 N–H and O–H groups in total. The number of aromatic nitrogens is 2. The Kier molecular flexibility index (Phi) is 5.56. The lowest BCUT2D eigenvalue weighted by Gasteiger charge is -2.11. The van der Waals surface area contributed by atoms with Crippen molar-refractivity contribution in [2.75, 3.05) is 13.6 Å². The van der Waals surface area contributed by atoms with Gasteiger partial charge in [-0.3, -0.25) is 0 Å². The zero-order valence-electron chi connectivity index (χ0n) is 11.8. The number of nitrogens with one attached hydrogen (secondary N) is 1. The standard InChI is InChI=1S/C14H25N3/c1-10(2)9-14-16-11(3)13(12(4)17-14)7-6-8-15-5/h10,15H,6-9H2,1-5H3. The first-order valence-corrected chi connectivity index (χ1v) is 6.52. The second-order valence-electron chi connectivity index (χ2n) is 5.09. The number of nitrogens with zero attached hydrogens (tertiary/aromatic N) is 2. The highest BCUT2D eigenvalue weighted by molar-refractivity contribution is 5.24. The SMILES string of the molecule is CNCCCc1c(C)nc(CC(C)C)nc1C. The Balaban J connectivity index is 2.79. The molecule has 96 valence electrons. The average Bonchev–Trinajstić information content (AvgIpc) is 2.21. The quantitative estimate of drug-likeness (QED) is 0.770. The van der Waals surface area contributed by atoms with E-state index in [2.05, 4.69) is 43.0 Å². The molecule has 3 heteroatoms. The number of hydrogen-bond acceptors (Lipinski definition) is 3. The Morgan fingerprint density at radius 2 is 1.71 bits per heavy atom. The maximum atomic E-state index is 4.62. The molecule has 0 aliphatic carbocycles. The van der Waals surface area contributed by atoms with E-state index in [0.29, 0.717) is 5.92 Å². The molecule has 0 aliphatic heterocycles. The van der Waals surface area contributed by atoms with Crippen LogP contribution in [0, 0.1) is 19.8 Å². The zero-order chi connectivity index (χ0) is 12.8. The summed E-state index contributed by atoms with van der Waals surface area (Å²) in [7, 11) is 1.99. The summed E-state index contributed by atoms with van der Waals surface area (Å²) in [4.78, 5) is 9.24. The predicted molar refractivity (Wildman–Crippen MR) is 72.3 cm³/mol. The minimum absolute atomic E-state index is 0.615. The Morgan fingerprint density at radius 1 is 1.12 bits per heavy atom. The zero-order valence-corrected chi connectivity index (χ0v) is 11.8. The van der Waals surface area contributed by atoms with E-state index in [1.807, 2.05) is 7.05 Å². The van der Waals surface area contributed by atoms with Gasteiger partial charge in [-0.1, -0.05) is 13.8 Å². The first-order valence-electron chi connectivity index (χ1n) is 6.52. The van der Waals surface area contributed by atoms with Gasteiger partial charge in [0.15, 0.2) is 0 Å². The molecule has 0 unspecified atom stereocenters. The van der Waals surface area contributed by atoms with Crippen LogP contribution in [0.4, 0.5) is 0 Å². The molecule has 1 aromatic heterocycles. The third kappa shape index (κ3) is 4.43. The number of aryl methyl sites for hydroxylation is 2. The van der Waals surface area contributed by atoms with Crippen LogP contribution in [0.1, 0.15) is 43.0 Å². The Hall–Kier alpha value is -0.960. The van der Waals surface area contributed by atoms with Crippen LogP contribution in [-0.4, -0.2) is 23.6 Å². The van der Waals surface area contributed by atoms with Crippen LogP contribution in [0.5, 0.6) is 0 Å². The van der Waals surface area contributed by atoms with Crippen LogP contribution in [0.25, 0.3) is 0 Å². The van der Waals surface area contributed by atoms with Gasteiger partial charge in [-0.05, 0) is 51.8 Å². The molecule has 0 radical (unpaired) electrons. The maximum Gasteiger partial charge on any atom is 0.129 e. The van der Waals surface area contributed by atoms with E-state index in [1.165, 1.54) is 5.56 Å². The second-order valence-corrected chi connectivity index (χ2v) is 5.09. The summed E-state index contributed by atoms with van der Waals surface area (Å²) in [6.45, 7) is 9.66. The fourth-order valence-corrected chi connectivity index (χ4v) is 2.07. The van der Waals surface area contributed by atoms with Crippen LogP contribution in [0.3, 0.4) is 0 Å². The summed E-state index contributed by atoms with van der Waals surface area (Å²) in [6, 6.07) is 0. The van der Waals surface area contributed by atoms with Crippen molar-refractivity contribution in [2.24, 2.45) is 5.92 Å². The molecule has 0 saturated heterocycles. The van der Waals surface area contributed by atoms with Crippen molar-refractivity contribution in [3.63, 3.8) is 0 Å². The van der Waals surface area contributed by atoms with E-state index in [1.54, 1.807) is 0 Å². The monoisotopic (exact) mass is 235 g/mol. The van der Waals surface area contributed by atoms with Crippen molar-refractivity contribution in [3.05, 3.63) is 22.8 Å². The molecule has 0 aromatic carbocycles. The molecule has 17 heavy (non-hydrogen) atoms. The molecule has 0 spiro atoms. The first kappa shape index (κ1) is 14.1. The molecular weight excluding hydrogens is 210 g/mol. The lowest BCUT2D eigenvalue weighted by Crippen LogP contribution is -2.11. The summed E-state index contributed by atoms with van der Waals surface area (Å²) in [6.07, 6.45) is 3.18. The van der Waals surface area contributed by atoms with Crippen LogP contribution in [-0.2, 0) is 12.8 Å². The van der Waals surface area contributed by atoms with Gasteiger partial charge >= 0.3 is 0 Å². The van der Waals surface area contributed by atoms with E-state index in [4.69, 9.17) is 0 Å². The van der Waals surface area contributed by atoms with Crippen molar-refractivity contribution < 1.29 is 0 Å². The Morgan fingerprint density at radius 3 is 2.18 bits per heavy atom. The fourth-order valence-electron chi connectivity index (χ4n) is 2.07. The number of rotatable bonds is 6. The lowest BCUT2D eigenvalue weighted by molar-refractivity contribution is 0.613. The molecule has 1 aromatic rings. The Bertz CT molecular complexity index is 335. The van der Waals surface area contributed by atoms with Crippen molar-refractivity contribution in [3.8, 4) is 0 Å². The smallest absolute Gasteiger partial charge is 0.129 e. The molecule has 0 atom stereocenters. The van der Waals surface area contributed by atoms with Crippen LogP contribution >= 0.6 is 0 Å². The summed E-state index contributed by atoms with van der Waals surface area (Å²) in [5, 5.41) is 3.17. The first-order chi connectivity index (χ1) is 8.04. The van der Waals surface area contributed by atoms with Gasteiger partial charge in [-0.15, -0.1) is 0 Å². The molecule has 0 fully saturated rings. The minimum atomic E-state index is 0.615. The number of hydrogen-bond donors (Lipinski definition) is 1. The summed E-state index contributed by atoms with van der Waals surface area (Å²) in [5.74, 6) is 1.61. The van der Waals surface area contributed by atoms with Gasteiger partial charge in [-0.25, -0.2) is 9.97 Å². The van der Waals surface area contributed by atoms with E-state index in [0.717, 1.165) is 43.0 Å². The van der Waals surface area contributed by atoms with Gasteiger partial charge < -0.3 is 5.32 Å². The van der Waals surface area contributed by atoms with Gasteiger partial charge in [-0.2, -0.15) is 0 Å². The molecular formula is C14H25N3. The van der Waals surface area contributed by atoms with E-state index >= 15 is 0 Å². The van der Waals surface area contributed by atoms with Gasteiger partial charge in [0, 0.05) is 17.8 Å². The highest BCUT2D eigenvalue weighted by Crippen LogP contribution is 2.14. The Labute approximate surface area is 105 Å². The van der Waals surface area contributed by atoms with E-state index in [9.17, 15) is 0 Å². The van der Waals surface area contributed by atoms with E-state index in [-0.39, 0.29) is 0 Å². The van der Waals surface area contributed by atoms with Gasteiger partial charge in [0.1, 0.15) is 5.82 Å². The van der Waals surface area contributed by atoms with Crippen LogP contribution in [0.2, 0.25) is 0 Å². The van der Waals surface area contributed by atoms with Crippen molar-refractivity contribution in [1.82, 2.24) is 15.3 Å². The molecule has 1 heterocycles. The summed E-state index contributed by atoms with van der Waals surface area (Å²) >= 11 is 0. The van der Waals surface area contributed by atoms with Crippen LogP contribution < -0.4 is 5.32 Å². The van der Waals surface area contributed by atoms with Gasteiger partial charge in [0.05, 0.1) is 0 Å². The molecule has 3 nitrogen and oxygen atoms in total. The largest absolute Gasteiger partial charge is 0.320 e. The normalized spacial score (nSPS) is 11.2. The molecule has 0 amide bonds. The fraction of sp³-hybridized carbons (Fsp3) is 0.714. The minimum Gasteiger partial charge on any atom is -0.320 e. The van der Waals surface area contributed by atoms with Crippen molar-refractivity contribution in [1.29, 1.82) is 0 Å². The second kappa shape index (κ2) is 6.70. The molecule has 0 bridgehead atoms. The highest BCUT2D eigenvalue weighted by atomic mass is 14.9. The van der Waals surface area contributed by atoms with E-state index < -0.39 is 0 Å². The highest BCUT2D eigenvalue weighted by Gasteiger charge is 2.09. The van der Waals surface area contributed by atoms with Crippen molar-refractivity contribution >= 4 is 0 Å². The van der Waals surface area contributed by atoms with Gasteiger partial charge in [0.2, 0.25) is 0 Å². The summed E-state index contributed by atoms with van der Waals surface area (Å²) in [5.41, 5.74) is 3.64. The molecule has 1 rings (SSSR count). The third-order valence-corrected chi connectivity index (χ3v) is 2.91. The van der Waals surface area contributed by atoms with Gasteiger partial charge in [0.25, 0.3) is 0 Å². The molecule has 0 aliphatic rings. The average molecular weight is 235 g/mol. The predicted octanol–water partition coefficient (Wildman–Crippen LogP) is 2.44.